The minimum Gasteiger partial charge on any atom is -0.508 e. The molecule has 2 aliphatic rings. The fourth-order valence-corrected chi connectivity index (χ4v) is 5.52. The van der Waals surface area contributed by atoms with Crippen LogP contribution in [0, 0.1) is 0 Å². The molecule has 0 radical (unpaired) electrons. The number of rotatable bonds is 10. The van der Waals surface area contributed by atoms with Crippen molar-refractivity contribution in [3.63, 3.8) is 0 Å². The van der Waals surface area contributed by atoms with E-state index in [1.165, 1.54) is 34.5 Å². The molecular weight excluding hydrogens is 636 g/mol. The molecule has 18 nitrogen and oxygen atoms in total. The Morgan fingerprint density at radius 2 is 1.26 bits per heavy atom. The maximum absolute atomic E-state index is 14.0. The summed E-state index contributed by atoms with van der Waals surface area (Å²) in [6.07, 6.45) is -17.0. The molecule has 0 spiro atoms. The predicted octanol–water partition coefficient (Wildman–Crippen LogP) is -2.31. The first kappa shape index (κ1) is 34.6. The van der Waals surface area contributed by atoms with Gasteiger partial charge in [-0.25, -0.2) is 0 Å². The number of ether oxygens (including phenoxy) is 8. The number of fused-ring (bicyclic) bond motifs is 2. The summed E-state index contributed by atoms with van der Waals surface area (Å²) < 4.78 is 50.3. The molecule has 8 N–H and O–H groups in total. The molecule has 3 heterocycles. The quantitative estimate of drug-likeness (QED) is 0.105. The van der Waals surface area contributed by atoms with Gasteiger partial charge in [0.2, 0.25) is 29.0 Å². The first-order valence-electron chi connectivity index (χ1n) is 14.2. The van der Waals surface area contributed by atoms with Crippen LogP contribution in [-0.4, -0.2) is 144 Å². The fourth-order valence-electron chi connectivity index (χ4n) is 5.52. The van der Waals surface area contributed by atoms with Gasteiger partial charge in [-0.2, -0.15) is 0 Å². The lowest BCUT2D eigenvalue weighted by molar-refractivity contribution is -0.323. The third-order valence-electron chi connectivity index (χ3n) is 8.00. The molecule has 0 aliphatic carbocycles. The van der Waals surface area contributed by atoms with E-state index in [9.17, 15) is 45.6 Å². The summed E-state index contributed by atoms with van der Waals surface area (Å²) in [5.41, 5.74) is -1.04. The Morgan fingerprint density at radius 3 is 1.85 bits per heavy atom. The highest BCUT2D eigenvalue weighted by atomic mass is 16.7. The van der Waals surface area contributed by atoms with Gasteiger partial charge in [-0.3, -0.25) is 4.79 Å². The van der Waals surface area contributed by atoms with Crippen LogP contribution in [0.5, 0.6) is 34.5 Å². The number of aromatic hydroxyl groups is 1. The van der Waals surface area contributed by atoms with E-state index in [0.29, 0.717) is 0 Å². The van der Waals surface area contributed by atoms with Crippen LogP contribution in [0.3, 0.4) is 0 Å². The number of aliphatic hydroxyl groups is 7. The van der Waals surface area contributed by atoms with Crippen molar-refractivity contribution in [3.05, 3.63) is 22.4 Å². The topological polar surface area (TPSA) is 266 Å². The van der Waals surface area contributed by atoms with E-state index in [1.54, 1.807) is 0 Å². The van der Waals surface area contributed by atoms with Crippen LogP contribution >= 0.6 is 0 Å². The third kappa shape index (κ3) is 5.97. The van der Waals surface area contributed by atoms with Crippen LogP contribution in [-0.2, 0) is 14.2 Å². The van der Waals surface area contributed by atoms with E-state index in [-0.39, 0.29) is 50.7 Å². The van der Waals surface area contributed by atoms with Gasteiger partial charge in [-0.15, -0.1) is 0 Å². The maximum atomic E-state index is 14.0. The molecule has 47 heavy (non-hydrogen) atoms. The van der Waals surface area contributed by atoms with Crippen molar-refractivity contribution >= 4 is 21.9 Å². The number of hydrogen-bond acceptors (Lipinski definition) is 18. The van der Waals surface area contributed by atoms with Crippen LogP contribution in [0.15, 0.2) is 21.3 Å². The molecule has 1 aromatic heterocycles. The molecule has 2 saturated heterocycles. The van der Waals surface area contributed by atoms with Gasteiger partial charge in [0, 0.05) is 6.07 Å². The maximum Gasteiger partial charge on any atom is 0.229 e. The highest BCUT2D eigenvalue weighted by Gasteiger charge is 2.48. The average molecular weight is 673 g/mol. The summed E-state index contributed by atoms with van der Waals surface area (Å²) >= 11 is 0. The van der Waals surface area contributed by atoms with Gasteiger partial charge in [0.1, 0.15) is 60.0 Å². The highest BCUT2D eigenvalue weighted by Crippen LogP contribution is 2.51. The normalized spacial score (nSPS) is 31.1. The summed E-state index contributed by atoms with van der Waals surface area (Å²) in [4.78, 5) is 14.0. The Labute approximate surface area is 265 Å². The summed E-state index contributed by atoms with van der Waals surface area (Å²) in [6.45, 7) is -1.35. The lowest BCUT2D eigenvalue weighted by Crippen LogP contribution is -2.62. The summed E-state index contributed by atoms with van der Waals surface area (Å²) in [6, 6.07) is 2.36. The zero-order valence-electron chi connectivity index (χ0n) is 25.5. The van der Waals surface area contributed by atoms with E-state index in [4.69, 9.17) is 42.3 Å². The minimum atomic E-state index is -1.93. The van der Waals surface area contributed by atoms with E-state index in [2.05, 4.69) is 0 Å². The Kier molecular flexibility index (Phi) is 10.2. The largest absolute Gasteiger partial charge is 0.508 e. The average Bonchev–Trinajstić information content (AvgIpc) is 3.07. The molecule has 3 aromatic rings. The predicted molar refractivity (Wildman–Crippen MR) is 155 cm³/mol. The molecule has 2 aromatic carbocycles. The van der Waals surface area contributed by atoms with Gasteiger partial charge in [0.25, 0.3) is 0 Å². The van der Waals surface area contributed by atoms with E-state index >= 15 is 0 Å². The molecule has 10 atom stereocenters. The van der Waals surface area contributed by atoms with Crippen molar-refractivity contribution in [2.45, 2.75) is 61.4 Å². The SMILES string of the molecule is COc1c(OC)c(OC2OC(COC3OC(CO)C(O)C(O)C3O)C(O)C(O)C2O)c2c(=O)c3cc(O)cc(OC)c3oc2c1OC. The van der Waals surface area contributed by atoms with Crippen molar-refractivity contribution < 1.29 is 83.2 Å². The lowest BCUT2D eigenvalue weighted by Gasteiger charge is -2.42. The summed E-state index contributed by atoms with van der Waals surface area (Å²) in [5, 5.41) is 81.9. The lowest BCUT2D eigenvalue weighted by atomic mass is 9.98. The van der Waals surface area contributed by atoms with Crippen LogP contribution < -0.4 is 29.1 Å². The fraction of sp³-hybridized carbons (Fsp3) is 0.552. The Hall–Kier alpha value is -3.69. The zero-order valence-corrected chi connectivity index (χ0v) is 25.5. The monoisotopic (exact) mass is 672 g/mol. The third-order valence-corrected chi connectivity index (χ3v) is 8.00. The van der Waals surface area contributed by atoms with Gasteiger partial charge >= 0.3 is 0 Å². The number of methoxy groups -OCH3 is 4. The second kappa shape index (κ2) is 13.8. The minimum absolute atomic E-state index is 0.0173. The summed E-state index contributed by atoms with van der Waals surface area (Å²) in [5.74, 6) is -1.12. The standard InChI is InChI=1S/C29H36O18/c1-39-11-6-9(31)5-10-15(32)14-23(46-22(10)11)25(40-2)27(42-4)26(41-3)24(14)47-29-21(38)19(36)17(34)13(45-29)8-43-28-20(37)18(35)16(33)12(7-30)44-28/h5-6,12-13,16-21,28-31,33-38H,7-8H2,1-4H3. The van der Waals surface area contributed by atoms with Gasteiger partial charge in [0.15, 0.2) is 29.0 Å². The molecule has 0 amide bonds. The van der Waals surface area contributed by atoms with Crippen molar-refractivity contribution in [2.24, 2.45) is 0 Å². The number of hydrogen-bond donors (Lipinski definition) is 8. The molecule has 2 aliphatic heterocycles. The number of aliphatic hydroxyl groups excluding tert-OH is 7. The van der Waals surface area contributed by atoms with E-state index < -0.39 is 85.8 Å². The van der Waals surface area contributed by atoms with Crippen molar-refractivity contribution in [3.8, 4) is 34.5 Å². The number of phenols is 1. The molecular formula is C29H36O18. The van der Waals surface area contributed by atoms with Gasteiger partial charge in [-0.1, -0.05) is 0 Å². The van der Waals surface area contributed by atoms with Crippen molar-refractivity contribution in [1.29, 1.82) is 0 Å². The molecule has 2 fully saturated rings. The molecule has 5 rings (SSSR count). The Balaban J connectivity index is 1.56. The van der Waals surface area contributed by atoms with Crippen LogP contribution in [0.1, 0.15) is 0 Å². The molecule has 0 saturated carbocycles. The van der Waals surface area contributed by atoms with Gasteiger partial charge < -0.3 is 83.2 Å². The Morgan fingerprint density at radius 1 is 0.681 bits per heavy atom. The summed E-state index contributed by atoms with van der Waals surface area (Å²) in [7, 11) is 5.08. The smallest absolute Gasteiger partial charge is 0.229 e. The molecule has 0 bridgehead atoms. The van der Waals surface area contributed by atoms with Crippen LogP contribution in [0.4, 0.5) is 0 Å². The number of benzene rings is 2. The first-order chi connectivity index (χ1) is 22.4. The molecule has 10 unspecified atom stereocenters. The van der Waals surface area contributed by atoms with Crippen molar-refractivity contribution in [2.75, 3.05) is 41.7 Å². The zero-order chi connectivity index (χ0) is 34.3. The second-order valence-electron chi connectivity index (χ2n) is 10.8. The first-order valence-corrected chi connectivity index (χ1v) is 14.2. The van der Waals surface area contributed by atoms with E-state index in [0.717, 1.165) is 6.07 Å². The molecule has 18 heteroatoms. The Bertz CT molecular complexity index is 1640. The highest BCUT2D eigenvalue weighted by molar-refractivity contribution is 6.01. The van der Waals surface area contributed by atoms with Gasteiger partial charge in [0.05, 0.1) is 47.0 Å². The second-order valence-corrected chi connectivity index (χ2v) is 10.8. The number of phenolic OH excluding ortho intramolecular Hbond substituents is 1. The van der Waals surface area contributed by atoms with Gasteiger partial charge in [-0.05, 0) is 6.07 Å². The molecule has 260 valence electrons. The van der Waals surface area contributed by atoms with Crippen LogP contribution in [0.2, 0.25) is 0 Å². The van der Waals surface area contributed by atoms with Crippen LogP contribution in [0.25, 0.3) is 21.9 Å². The van der Waals surface area contributed by atoms with Crippen molar-refractivity contribution in [1.82, 2.24) is 0 Å². The van der Waals surface area contributed by atoms with E-state index in [1.807, 2.05) is 0 Å².